The maximum absolute atomic E-state index is 12.4. The number of ether oxygens (including phenoxy) is 3. The van der Waals surface area contributed by atoms with Crippen molar-refractivity contribution in [2.24, 2.45) is 0 Å². The number of carbonyl (C=O) groups excluding carboxylic acids is 1. The molecule has 3 rings (SSSR count). The SMILES string of the molecule is COc1ccc(OC)c([C@H](C)NC(=O)/C=C/c2ccc(OCc3ccccn3)cc2)c1. The minimum Gasteiger partial charge on any atom is -0.497 e. The van der Waals surface area contributed by atoms with E-state index in [1.54, 1.807) is 26.5 Å². The number of hydrogen-bond acceptors (Lipinski definition) is 5. The Balaban J connectivity index is 1.56. The molecule has 0 saturated carbocycles. The lowest BCUT2D eigenvalue weighted by atomic mass is 10.1. The van der Waals surface area contributed by atoms with Gasteiger partial charge in [-0.1, -0.05) is 18.2 Å². The number of methoxy groups -OCH3 is 2. The van der Waals surface area contributed by atoms with Crippen molar-refractivity contribution in [3.8, 4) is 17.2 Å². The van der Waals surface area contributed by atoms with E-state index in [0.717, 1.165) is 22.6 Å². The number of nitrogens with one attached hydrogen (secondary N) is 1. The Labute approximate surface area is 182 Å². The third-order valence-corrected chi connectivity index (χ3v) is 4.68. The fourth-order valence-electron chi connectivity index (χ4n) is 3.00. The van der Waals surface area contributed by atoms with Gasteiger partial charge in [0.2, 0.25) is 5.91 Å². The third-order valence-electron chi connectivity index (χ3n) is 4.68. The van der Waals surface area contributed by atoms with Crippen LogP contribution in [-0.2, 0) is 11.4 Å². The van der Waals surface area contributed by atoms with Gasteiger partial charge in [-0.15, -0.1) is 0 Å². The molecule has 0 aliphatic rings. The first-order chi connectivity index (χ1) is 15.1. The second-order valence-corrected chi connectivity index (χ2v) is 6.85. The van der Waals surface area contributed by atoms with Crippen LogP contribution in [0.3, 0.4) is 0 Å². The van der Waals surface area contributed by atoms with E-state index in [4.69, 9.17) is 14.2 Å². The van der Waals surface area contributed by atoms with E-state index < -0.39 is 0 Å². The number of pyridine rings is 1. The summed E-state index contributed by atoms with van der Waals surface area (Å²) in [5.74, 6) is 1.94. The van der Waals surface area contributed by atoms with Crippen LogP contribution in [0.25, 0.3) is 6.08 Å². The Kier molecular flexibility index (Phi) is 7.65. The van der Waals surface area contributed by atoms with Gasteiger partial charge in [0, 0.05) is 17.8 Å². The van der Waals surface area contributed by atoms with Crippen LogP contribution in [0.2, 0.25) is 0 Å². The van der Waals surface area contributed by atoms with E-state index in [1.807, 2.05) is 67.6 Å². The highest BCUT2D eigenvalue weighted by Gasteiger charge is 2.14. The zero-order valence-corrected chi connectivity index (χ0v) is 17.9. The van der Waals surface area contributed by atoms with Gasteiger partial charge in [0.25, 0.3) is 0 Å². The lowest BCUT2D eigenvalue weighted by Gasteiger charge is -2.17. The van der Waals surface area contributed by atoms with Crippen molar-refractivity contribution >= 4 is 12.0 Å². The van der Waals surface area contributed by atoms with Crippen LogP contribution in [-0.4, -0.2) is 25.1 Å². The van der Waals surface area contributed by atoms with E-state index >= 15 is 0 Å². The summed E-state index contributed by atoms with van der Waals surface area (Å²) >= 11 is 0. The summed E-state index contributed by atoms with van der Waals surface area (Å²) in [6.45, 7) is 2.31. The van der Waals surface area contributed by atoms with Crippen LogP contribution in [0, 0.1) is 0 Å². The number of nitrogens with zero attached hydrogens (tertiary/aromatic N) is 1. The van der Waals surface area contributed by atoms with Crippen LogP contribution in [0.15, 0.2) is 72.9 Å². The molecule has 0 saturated heterocycles. The molecule has 0 aliphatic carbocycles. The van der Waals surface area contributed by atoms with Crippen LogP contribution in [0.1, 0.15) is 29.8 Å². The summed E-state index contributed by atoms with van der Waals surface area (Å²) in [5, 5.41) is 2.95. The molecule has 0 aliphatic heterocycles. The lowest BCUT2D eigenvalue weighted by molar-refractivity contribution is -0.117. The molecule has 31 heavy (non-hydrogen) atoms. The molecular weight excluding hydrogens is 392 g/mol. The number of aromatic nitrogens is 1. The molecule has 1 N–H and O–H groups in total. The molecule has 0 spiro atoms. The van der Waals surface area contributed by atoms with Crippen molar-refractivity contribution in [3.63, 3.8) is 0 Å². The average Bonchev–Trinajstić information content (AvgIpc) is 2.82. The van der Waals surface area contributed by atoms with E-state index in [-0.39, 0.29) is 11.9 Å². The largest absolute Gasteiger partial charge is 0.497 e. The second kappa shape index (κ2) is 10.8. The molecular formula is C25H26N2O4. The van der Waals surface area contributed by atoms with Crippen molar-refractivity contribution in [1.29, 1.82) is 0 Å². The van der Waals surface area contributed by atoms with Crippen LogP contribution >= 0.6 is 0 Å². The number of benzene rings is 2. The molecule has 1 atom stereocenters. The minimum atomic E-state index is -0.246. The number of hydrogen-bond donors (Lipinski definition) is 1. The summed E-state index contributed by atoms with van der Waals surface area (Å²) in [4.78, 5) is 16.6. The van der Waals surface area contributed by atoms with Gasteiger partial charge in [-0.3, -0.25) is 9.78 Å². The van der Waals surface area contributed by atoms with Crippen LogP contribution in [0.4, 0.5) is 0 Å². The average molecular weight is 418 g/mol. The normalized spacial score (nSPS) is 11.7. The van der Waals surface area contributed by atoms with Gasteiger partial charge in [0.15, 0.2) is 0 Å². The van der Waals surface area contributed by atoms with Crippen molar-refractivity contribution in [2.75, 3.05) is 14.2 Å². The van der Waals surface area contributed by atoms with Crippen molar-refractivity contribution in [3.05, 3.63) is 89.8 Å². The number of carbonyl (C=O) groups is 1. The monoisotopic (exact) mass is 418 g/mol. The van der Waals surface area contributed by atoms with Gasteiger partial charge in [-0.05, 0) is 61.0 Å². The van der Waals surface area contributed by atoms with E-state index in [0.29, 0.717) is 18.1 Å². The molecule has 1 amide bonds. The van der Waals surface area contributed by atoms with Gasteiger partial charge in [0.1, 0.15) is 23.9 Å². The Hall–Kier alpha value is -3.80. The fraction of sp³-hybridized carbons (Fsp3) is 0.200. The molecule has 160 valence electrons. The Morgan fingerprint density at radius 1 is 1.03 bits per heavy atom. The molecule has 0 unspecified atom stereocenters. The minimum absolute atomic E-state index is 0.201. The van der Waals surface area contributed by atoms with E-state index in [1.165, 1.54) is 6.08 Å². The first kappa shape index (κ1) is 21.9. The van der Waals surface area contributed by atoms with E-state index in [9.17, 15) is 4.79 Å². The fourth-order valence-corrected chi connectivity index (χ4v) is 3.00. The smallest absolute Gasteiger partial charge is 0.244 e. The molecule has 3 aromatic rings. The van der Waals surface area contributed by atoms with Gasteiger partial charge in [-0.25, -0.2) is 0 Å². The predicted molar refractivity (Wildman–Crippen MR) is 120 cm³/mol. The zero-order valence-electron chi connectivity index (χ0n) is 17.9. The molecule has 6 heteroatoms. The topological polar surface area (TPSA) is 69.7 Å². The summed E-state index contributed by atoms with van der Waals surface area (Å²) in [6, 6.07) is 18.5. The Morgan fingerprint density at radius 3 is 2.48 bits per heavy atom. The lowest BCUT2D eigenvalue weighted by Crippen LogP contribution is -2.25. The zero-order chi connectivity index (χ0) is 22.1. The summed E-state index contributed by atoms with van der Waals surface area (Å²) < 4.78 is 16.4. The molecule has 6 nitrogen and oxygen atoms in total. The van der Waals surface area contributed by atoms with Gasteiger partial charge >= 0.3 is 0 Å². The highest BCUT2D eigenvalue weighted by Crippen LogP contribution is 2.29. The molecule has 1 aromatic heterocycles. The number of rotatable bonds is 9. The summed E-state index contributed by atoms with van der Waals surface area (Å²) in [7, 11) is 3.20. The number of amides is 1. The van der Waals surface area contributed by atoms with Crippen LogP contribution in [0.5, 0.6) is 17.2 Å². The van der Waals surface area contributed by atoms with Crippen molar-refractivity contribution in [1.82, 2.24) is 10.3 Å². The van der Waals surface area contributed by atoms with Crippen LogP contribution < -0.4 is 19.5 Å². The molecule has 1 heterocycles. The Morgan fingerprint density at radius 2 is 1.81 bits per heavy atom. The first-order valence-corrected chi connectivity index (χ1v) is 9.92. The van der Waals surface area contributed by atoms with Crippen molar-refractivity contribution < 1.29 is 19.0 Å². The molecule has 2 aromatic carbocycles. The first-order valence-electron chi connectivity index (χ1n) is 9.92. The standard InChI is InChI=1S/C25H26N2O4/c1-18(23-16-22(29-2)12-13-24(23)30-3)27-25(28)14-9-19-7-10-21(11-8-19)31-17-20-6-4-5-15-26-20/h4-16,18H,17H2,1-3H3,(H,27,28)/b14-9+/t18-/m0/s1. The second-order valence-electron chi connectivity index (χ2n) is 6.85. The molecule has 0 bridgehead atoms. The maximum atomic E-state index is 12.4. The molecule has 0 fully saturated rings. The highest BCUT2D eigenvalue weighted by molar-refractivity contribution is 5.92. The third kappa shape index (κ3) is 6.34. The predicted octanol–water partition coefficient (Wildman–Crippen LogP) is 4.57. The summed E-state index contributed by atoms with van der Waals surface area (Å²) in [5.41, 5.74) is 2.61. The van der Waals surface area contributed by atoms with Gasteiger partial charge < -0.3 is 19.5 Å². The Bertz CT molecular complexity index is 1020. The van der Waals surface area contributed by atoms with Gasteiger partial charge in [0.05, 0.1) is 26.0 Å². The van der Waals surface area contributed by atoms with Crippen molar-refractivity contribution in [2.45, 2.75) is 19.6 Å². The highest BCUT2D eigenvalue weighted by atomic mass is 16.5. The van der Waals surface area contributed by atoms with Gasteiger partial charge in [-0.2, -0.15) is 0 Å². The van der Waals surface area contributed by atoms with E-state index in [2.05, 4.69) is 10.3 Å². The maximum Gasteiger partial charge on any atom is 0.244 e. The quantitative estimate of drug-likeness (QED) is 0.516. The summed E-state index contributed by atoms with van der Waals surface area (Å²) in [6.07, 6.45) is 5.00. The molecule has 0 radical (unpaired) electrons.